The molecule has 0 aromatic rings. The van der Waals surface area contributed by atoms with Gasteiger partial charge in [0.25, 0.3) is 0 Å². The molecule has 0 heterocycles. The highest BCUT2D eigenvalue weighted by Gasteiger charge is 2.14. The predicted molar refractivity (Wildman–Crippen MR) is 115 cm³/mol. The maximum atomic E-state index is 12.1. The number of unbranched alkanes of at least 4 members (excludes halogenated alkanes) is 6. The van der Waals surface area contributed by atoms with Gasteiger partial charge in [-0.05, 0) is 51.9 Å². The van der Waals surface area contributed by atoms with Crippen molar-refractivity contribution in [2.45, 2.75) is 104 Å². The minimum absolute atomic E-state index is 0.0949. The number of carbonyl (C=O) groups is 2. The Labute approximate surface area is 177 Å². The molecule has 0 amide bonds. The highest BCUT2D eigenvalue weighted by atomic mass is 32.2. The standard InChI is InChI=1S/C21H41NO6S/c1-4-6-9-14-20(28-19(3)23)15-11-13-18-29(25,26)22-17-12-8-7-10-16-21(24)27-5-2/h20,22H,4-18H2,1-3H3. The van der Waals surface area contributed by atoms with Gasteiger partial charge in [0.05, 0.1) is 12.4 Å². The summed E-state index contributed by atoms with van der Waals surface area (Å²) in [6.07, 6.45) is 9.68. The summed E-state index contributed by atoms with van der Waals surface area (Å²) in [4.78, 5) is 22.4. The Morgan fingerprint density at radius 1 is 0.897 bits per heavy atom. The zero-order valence-electron chi connectivity index (χ0n) is 18.5. The Morgan fingerprint density at radius 3 is 2.17 bits per heavy atom. The molecule has 1 atom stereocenters. The number of ether oxygens (including phenoxy) is 2. The second-order valence-corrected chi connectivity index (χ2v) is 9.33. The topological polar surface area (TPSA) is 98.8 Å². The van der Waals surface area contributed by atoms with Crippen LogP contribution in [0.2, 0.25) is 0 Å². The van der Waals surface area contributed by atoms with Crippen LogP contribution >= 0.6 is 0 Å². The van der Waals surface area contributed by atoms with E-state index in [2.05, 4.69) is 11.6 Å². The van der Waals surface area contributed by atoms with E-state index in [0.29, 0.717) is 32.4 Å². The second-order valence-electron chi connectivity index (χ2n) is 7.41. The number of rotatable bonds is 19. The molecule has 172 valence electrons. The molecule has 0 aliphatic carbocycles. The maximum absolute atomic E-state index is 12.1. The maximum Gasteiger partial charge on any atom is 0.305 e. The lowest BCUT2D eigenvalue weighted by Gasteiger charge is -2.16. The smallest absolute Gasteiger partial charge is 0.305 e. The largest absolute Gasteiger partial charge is 0.466 e. The van der Waals surface area contributed by atoms with Crippen molar-refractivity contribution >= 4 is 22.0 Å². The highest BCUT2D eigenvalue weighted by molar-refractivity contribution is 7.89. The summed E-state index contributed by atoms with van der Waals surface area (Å²) in [6, 6.07) is 0. The van der Waals surface area contributed by atoms with Crippen LogP contribution in [0.1, 0.15) is 97.8 Å². The van der Waals surface area contributed by atoms with Gasteiger partial charge in [0, 0.05) is 19.9 Å². The van der Waals surface area contributed by atoms with Crippen LogP contribution in [0, 0.1) is 0 Å². The van der Waals surface area contributed by atoms with Crippen molar-refractivity contribution in [3.05, 3.63) is 0 Å². The lowest BCUT2D eigenvalue weighted by atomic mass is 10.1. The minimum Gasteiger partial charge on any atom is -0.466 e. The van der Waals surface area contributed by atoms with E-state index in [1.165, 1.54) is 6.92 Å². The molecule has 0 aromatic carbocycles. The Kier molecular flexibility index (Phi) is 17.0. The Balaban J connectivity index is 3.85. The second kappa shape index (κ2) is 17.7. The lowest BCUT2D eigenvalue weighted by molar-refractivity contribution is -0.147. The molecule has 0 radical (unpaired) electrons. The van der Waals surface area contributed by atoms with Crippen molar-refractivity contribution in [3.8, 4) is 0 Å². The van der Waals surface area contributed by atoms with Crippen molar-refractivity contribution < 1.29 is 27.5 Å². The van der Waals surface area contributed by atoms with Gasteiger partial charge in [-0.3, -0.25) is 9.59 Å². The molecule has 0 saturated carbocycles. The van der Waals surface area contributed by atoms with Crippen LogP contribution < -0.4 is 4.72 Å². The SMILES string of the molecule is CCCCCC(CCCCS(=O)(=O)NCCCCCCC(=O)OCC)OC(C)=O. The van der Waals surface area contributed by atoms with Crippen molar-refractivity contribution in [3.63, 3.8) is 0 Å². The van der Waals surface area contributed by atoms with E-state index < -0.39 is 10.0 Å². The predicted octanol–water partition coefficient (Wildman–Crippen LogP) is 4.10. The van der Waals surface area contributed by atoms with Crippen LogP contribution in [-0.4, -0.2) is 45.4 Å². The molecule has 0 saturated heterocycles. The van der Waals surface area contributed by atoms with Crippen LogP contribution in [0.4, 0.5) is 0 Å². The molecule has 7 nitrogen and oxygen atoms in total. The summed E-state index contributed by atoms with van der Waals surface area (Å²) < 4.78 is 36.9. The Hall–Kier alpha value is -1.15. The highest BCUT2D eigenvalue weighted by Crippen LogP contribution is 2.14. The summed E-state index contributed by atoms with van der Waals surface area (Å²) in [5, 5.41) is 0. The summed E-state index contributed by atoms with van der Waals surface area (Å²) in [5.74, 6) is -0.352. The van der Waals surface area contributed by atoms with E-state index in [1.807, 2.05) is 0 Å². The Bertz CT molecular complexity index is 535. The van der Waals surface area contributed by atoms with Gasteiger partial charge in [-0.15, -0.1) is 0 Å². The molecule has 0 aliphatic heterocycles. The molecule has 1 N–H and O–H groups in total. The zero-order valence-corrected chi connectivity index (χ0v) is 19.4. The fourth-order valence-corrected chi connectivity index (χ4v) is 4.25. The number of nitrogens with one attached hydrogen (secondary N) is 1. The third kappa shape index (κ3) is 18.6. The third-order valence-corrected chi connectivity index (χ3v) is 6.06. The number of sulfonamides is 1. The molecule has 1 unspecified atom stereocenters. The van der Waals surface area contributed by atoms with E-state index in [-0.39, 0.29) is 23.8 Å². The monoisotopic (exact) mass is 435 g/mol. The van der Waals surface area contributed by atoms with Crippen molar-refractivity contribution in [2.75, 3.05) is 18.9 Å². The lowest BCUT2D eigenvalue weighted by Crippen LogP contribution is -2.27. The first kappa shape index (κ1) is 27.8. The van der Waals surface area contributed by atoms with E-state index >= 15 is 0 Å². The minimum atomic E-state index is -3.27. The van der Waals surface area contributed by atoms with Gasteiger partial charge in [0.2, 0.25) is 10.0 Å². The molecule has 0 rings (SSSR count). The zero-order chi connectivity index (χ0) is 22.0. The van der Waals surface area contributed by atoms with E-state index in [0.717, 1.165) is 57.8 Å². The first-order valence-corrected chi connectivity index (χ1v) is 12.8. The number of carbonyl (C=O) groups excluding carboxylic acids is 2. The first-order valence-electron chi connectivity index (χ1n) is 11.1. The van der Waals surface area contributed by atoms with Crippen molar-refractivity contribution in [1.29, 1.82) is 0 Å². The molecule has 0 aromatic heterocycles. The van der Waals surface area contributed by atoms with Gasteiger partial charge in [-0.2, -0.15) is 0 Å². The molecule has 0 spiro atoms. The van der Waals surface area contributed by atoms with Gasteiger partial charge in [0.15, 0.2) is 0 Å². The van der Waals surface area contributed by atoms with Gasteiger partial charge < -0.3 is 9.47 Å². The average Bonchev–Trinajstić information content (AvgIpc) is 2.64. The van der Waals surface area contributed by atoms with Gasteiger partial charge in [-0.25, -0.2) is 13.1 Å². The first-order chi connectivity index (χ1) is 13.8. The van der Waals surface area contributed by atoms with Crippen molar-refractivity contribution in [2.24, 2.45) is 0 Å². The molecule has 0 bridgehead atoms. The number of esters is 2. The van der Waals surface area contributed by atoms with Crippen LogP contribution in [0.3, 0.4) is 0 Å². The Morgan fingerprint density at radius 2 is 1.55 bits per heavy atom. The average molecular weight is 436 g/mol. The molecule has 0 fully saturated rings. The number of hydrogen-bond donors (Lipinski definition) is 1. The van der Waals surface area contributed by atoms with Crippen LogP contribution in [0.5, 0.6) is 0 Å². The summed E-state index contributed by atoms with van der Waals surface area (Å²) in [5.41, 5.74) is 0. The molecular formula is C21H41NO6S. The van der Waals surface area contributed by atoms with Crippen LogP contribution in [0.25, 0.3) is 0 Å². The van der Waals surface area contributed by atoms with Gasteiger partial charge >= 0.3 is 11.9 Å². The fourth-order valence-electron chi connectivity index (χ4n) is 3.06. The molecular weight excluding hydrogens is 394 g/mol. The van der Waals surface area contributed by atoms with Crippen LogP contribution in [0.15, 0.2) is 0 Å². The van der Waals surface area contributed by atoms with E-state index in [4.69, 9.17) is 9.47 Å². The van der Waals surface area contributed by atoms with E-state index in [9.17, 15) is 18.0 Å². The number of hydrogen-bond acceptors (Lipinski definition) is 6. The van der Waals surface area contributed by atoms with Gasteiger partial charge in [-0.1, -0.05) is 32.6 Å². The quantitative estimate of drug-likeness (QED) is 0.242. The summed E-state index contributed by atoms with van der Waals surface area (Å²) >= 11 is 0. The summed E-state index contributed by atoms with van der Waals surface area (Å²) in [6.45, 7) is 6.16. The molecule has 8 heteroatoms. The van der Waals surface area contributed by atoms with Gasteiger partial charge in [0.1, 0.15) is 6.10 Å². The third-order valence-electron chi connectivity index (χ3n) is 4.59. The normalized spacial score (nSPS) is 12.5. The molecule has 0 aliphatic rings. The van der Waals surface area contributed by atoms with E-state index in [1.54, 1.807) is 6.92 Å². The molecule has 29 heavy (non-hydrogen) atoms. The fraction of sp³-hybridized carbons (Fsp3) is 0.905. The summed E-state index contributed by atoms with van der Waals surface area (Å²) in [7, 11) is -3.27. The van der Waals surface area contributed by atoms with Crippen LogP contribution in [-0.2, 0) is 29.1 Å². The van der Waals surface area contributed by atoms with Crippen molar-refractivity contribution in [1.82, 2.24) is 4.72 Å².